The Kier molecular flexibility index (Phi) is 10.1. The standard InChI is InChI=1S/C18H29N3O.HI/c1-2-3-4-7-13-20-18(19)21-14-15-9-5-6-12-17(15)22-16-10-8-11-16;/h5-6,9,12,16H,2-4,7-8,10-11,13-14H2,1H3,(H3,19,20,21);1H. The van der Waals surface area contributed by atoms with E-state index in [9.17, 15) is 0 Å². The second-order valence-corrected chi connectivity index (χ2v) is 5.97. The van der Waals surface area contributed by atoms with Crippen molar-refractivity contribution < 1.29 is 4.74 Å². The summed E-state index contributed by atoms with van der Waals surface area (Å²) in [6, 6.07) is 8.12. The van der Waals surface area contributed by atoms with Crippen molar-refractivity contribution in [3.05, 3.63) is 29.8 Å². The van der Waals surface area contributed by atoms with E-state index in [1.165, 1.54) is 38.5 Å². The molecule has 0 aromatic heterocycles. The highest BCUT2D eigenvalue weighted by atomic mass is 127. The fourth-order valence-electron chi connectivity index (χ4n) is 2.41. The van der Waals surface area contributed by atoms with Crippen molar-refractivity contribution in [2.24, 2.45) is 10.7 Å². The Balaban J connectivity index is 0.00000264. The van der Waals surface area contributed by atoms with E-state index in [1.54, 1.807) is 0 Å². The van der Waals surface area contributed by atoms with Gasteiger partial charge in [0.1, 0.15) is 5.75 Å². The Morgan fingerprint density at radius 2 is 2.04 bits per heavy atom. The highest BCUT2D eigenvalue weighted by Gasteiger charge is 2.19. The highest BCUT2D eigenvalue weighted by molar-refractivity contribution is 14.0. The lowest BCUT2D eigenvalue weighted by molar-refractivity contribution is 0.119. The van der Waals surface area contributed by atoms with Gasteiger partial charge in [0.2, 0.25) is 0 Å². The second kappa shape index (κ2) is 11.5. The van der Waals surface area contributed by atoms with Crippen LogP contribution in [0.1, 0.15) is 57.4 Å². The Morgan fingerprint density at radius 1 is 1.26 bits per heavy atom. The molecule has 0 atom stereocenters. The molecule has 2 rings (SSSR count). The summed E-state index contributed by atoms with van der Waals surface area (Å²) in [7, 11) is 0. The summed E-state index contributed by atoms with van der Waals surface area (Å²) >= 11 is 0. The number of hydrogen-bond acceptors (Lipinski definition) is 2. The summed E-state index contributed by atoms with van der Waals surface area (Å²) in [5.74, 6) is 1.47. The van der Waals surface area contributed by atoms with Crippen molar-refractivity contribution in [3.8, 4) is 5.75 Å². The first kappa shape index (κ1) is 20.1. The second-order valence-electron chi connectivity index (χ2n) is 5.97. The Hall–Kier alpha value is -0.980. The molecular formula is C18H30IN3O. The molecule has 4 nitrogen and oxygen atoms in total. The number of nitrogens with two attached hydrogens (primary N) is 1. The van der Waals surface area contributed by atoms with Crippen LogP contribution >= 0.6 is 24.0 Å². The van der Waals surface area contributed by atoms with Crippen molar-refractivity contribution in [2.45, 2.75) is 64.5 Å². The molecule has 1 saturated carbocycles. The molecule has 1 aliphatic rings. The van der Waals surface area contributed by atoms with Crippen molar-refractivity contribution >= 4 is 29.9 Å². The normalized spacial score (nSPS) is 14.7. The number of unbranched alkanes of at least 4 members (excludes halogenated alkanes) is 3. The minimum atomic E-state index is 0. The van der Waals surface area contributed by atoms with Gasteiger partial charge in [0.05, 0.1) is 12.6 Å². The first-order valence-corrected chi connectivity index (χ1v) is 8.58. The number of nitrogens with zero attached hydrogens (tertiary/aromatic N) is 1. The summed E-state index contributed by atoms with van der Waals surface area (Å²) in [5, 5.41) is 3.18. The maximum Gasteiger partial charge on any atom is 0.188 e. The molecule has 0 saturated heterocycles. The van der Waals surface area contributed by atoms with Crippen molar-refractivity contribution in [3.63, 3.8) is 0 Å². The lowest BCUT2D eigenvalue weighted by Gasteiger charge is -2.27. The molecule has 0 amide bonds. The summed E-state index contributed by atoms with van der Waals surface area (Å²) in [6.07, 6.45) is 8.92. The van der Waals surface area contributed by atoms with Crippen LogP contribution in [-0.2, 0) is 6.54 Å². The smallest absolute Gasteiger partial charge is 0.188 e. The van der Waals surface area contributed by atoms with E-state index in [-0.39, 0.29) is 24.0 Å². The SMILES string of the molecule is CCCCCCNC(N)=NCc1ccccc1OC1CCC1.I. The maximum atomic E-state index is 6.01. The molecule has 0 spiro atoms. The quantitative estimate of drug-likeness (QED) is 0.266. The lowest BCUT2D eigenvalue weighted by atomic mass is 9.96. The molecule has 5 heteroatoms. The Bertz CT molecular complexity index is 475. The van der Waals surface area contributed by atoms with Gasteiger partial charge in [0, 0.05) is 12.1 Å². The number of rotatable bonds is 9. The van der Waals surface area contributed by atoms with Gasteiger partial charge >= 0.3 is 0 Å². The number of hydrogen-bond donors (Lipinski definition) is 2. The third-order valence-corrected chi connectivity index (χ3v) is 4.07. The van der Waals surface area contributed by atoms with Crippen molar-refractivity contribution in [1.82, 2.24) is 5.32 Å². The van der Waals surface area contributed by atoms with Crippen molar-refractivity contribution in [2.75, 3.05) is 6.54 Å². The molecule has 1 fully saturated rings. The monoisotopic (exact) mass is 431 g/mol. The molecule has 0 unspecified atom stereocenters. The average molecular weight is 431 g/mol. The number of halogens is 1. The predicted molar refractivity (Wildman–Crippen MR) is 108 cm³/mol. The van der Waals surface area contributed by atoms with Crippen LogP contribution in [0.2, 0.25) is 0 Å². The number of benzene rings is 1. The summed E-state index contributed by atoms with van der Waals surface area (Å²) < 4.78 is 6.01. The number of guanidine groups is 1. The molecule has 0 radical (unpaired) electrons. The zero-order valence-electron chi connectivity index (χ0n) is 14.1. The van der Waals surface area contributed by atoms with Crippen LogP contribution in [0.25, 0.3) is 0 Å². The molecule has 1 aromatic rings. The Labute approximate surface area is 157 Å². The van der Waals surface area contributed by atoms with Crippen LogP contribution in [0.3, 0.4) is 0 Å². The van der Waals surface area contributed by atoms with Crippen LogP contribution in [0, 0.1) is 0 Å². The fourth-order valence-corrected chi connectivity index (χ4v) is 2.41. The fraction of sp³-hybridized carbons (Fsp3) is 0.611. The van der Waals surface area contributed by atoms with Crippen LogP contribution in [-0.4, -0.2) is 18.6 Å². The van der Waals surface area contributed by atoms with Gasteiger partial charge < -0.3 is 15.8 Å². The van der Waals surface area contributed by atoms with Gasteiger partial charge in [0.15, 0.2) is 5.96 Å². The number of nitrogens with one attached hydrogen (secondary N) is 1. The molecular weight excluding hydrogens is 401 g/mol. The van der Waals surface area contributed by atoms with E-state index in [1.807, 2.05) is 18.2 Å². The molecule has 23 heavy (non-hydrogen) atoms. The van der Waals surface area contributed by atoms with Gasteiger partial charge in [-0.2, -0.15) is 0 Å². The largest absolute Gasteiger partial charge is 0.490 e. The lowest BCUT2D eigenvalue weighted by Crippen LogP contribution is -2.32. The number of para-hydroxylation sites is 1. The molecule has 0 aliphatic heterocycles. The molecule has 3 N–H and O–H groups in total. The van der Waals surface area contributed by atoms with Crippen molar-refractivity contribution in [1.29, 1.82) is 0 Å². The van der Waals surface area contributed by atoms with Gasteiger partial charge in [-0.1, -0.05) is 44.4 Å². The molecule has 1 aromatic carbocycles. The maximum absolute atomic E-state index is 6.01. The van der Waals surface area contributed by atoms with Crippen LogP contribution < -0.4 is 15.8 Å². The molecule has 130 valence electrons. The average Bonchev–Trinajstić information content (AvgIpc) is 2.49. The van der Waals surface area contributed by atoms with Gasteiger partial charge in [-0.15, -0.1) is 24.0 Å². The first-order valence-electron chi connectivity index (χ1n) is 8.58. The topological polar surface area (TPSA) is 59.6 Å². The first-order chi connectivity index (χ1) is 10.8. The number of aliphatic imine (C=N–C) groups is 1. The van der Waals surface area contributed by atoms with Crippen LogP contribution in [0.15, 0.2) is 29.3 Å². The zero-order valence-corrected chi connectivity index (χ0v) is 16.4. The summed E-state index contributed by atoms with van der Waals surface area (Å²) in [6.45, 7) is 3.68. The van der Waals surface area contributed by atoms with E-state index >= 15 is 0 Å². The van der Waals surface area contributed by atoms with Gasteiger partial charge in [-0.3, -0.25) is 0 Å². The van der Waals surface area contributed by atoms with Gasteiger partial charge in [-0.25, -0.2) is 4.99 Å². The molecule has 1 aliphatic carbocycles. The third-order valence-electron chi connectivity index (χ3n) is 4.07. The van der Waals surface area contributed by atoms with Gasteiger partial charge in [0.25, 0.3) is 0 Å². The molecule has 0 heterocycles. The number of ether oxygens (including phenoxy) is 1. The molecule has 0 bridgehead atoms. The minimum absolute atomic E-state index is 0. The van der Waals surface area contributed by atoms with E-state index in [4.69, 9.17) is 10.5 Å². The summed E-state index contributed by atoms with van der Waals surface area (Å²) in [5.41, 5.74) is 7.02. The summed E-state index contributed by atoms with van der Waals surface area (Å²) in [4.78, 5) is 4.43. The minimum Gasteiger partial charge on any atom is -0.490 e. The van der Waals surface area contributed by atoms with Crippen LogP contribution in [0.4, 0.5) is 0 Å². The van der Waals surface area contributed by atoms with E-state index in [0.29, 0.717) is 18.6 Å². The van der Waals surface area contributed by atoms with E-state index in [0.717, 1.165) is 24.3 Å². The van der Waals surface area contributed by atoms with E-state index in [2.05, 4.69) is 23.3 Å². The van der Waals surface area contributed by atoms with E-state index < -0.39 is 0 Å². The van der Waals surface area contributed by atoms with Crippen LogP contribution in [0.5, 0.6) is 5.75 Å². The third kappa shape index (κ3) is 7.42. The highest BCUT2D eigenvalue weighted by Crippen LogP contribution is 2.27. The Morgan fingerprint density at radius 3 is 2.74 bits per heavy atom. The predicted octanol–water partition coefficient (Wildman–Crippen LogP) is 4.22. The van der Waals surface area contributed by atoms with Gasteiger partial charge in [-0.05, 0) is 31.7 Å². The zero-order chi connectivity index (χ0) is 15.6.